The van der Waals surface area contributed by atoms with Crippen molar-refractivity contribution in [3.63, 3.8) is 0 Å². The van der Waals surface area contributed by atoms with Crippen molar-refractivity contribution in [1.29, 1.82) is 0 Å². The summed E-state index contributed by atoms with van der Waals surface area (Å²) in [6.45, 7) is 2.20. The van der Waals surface area contributed by atoms with E-state index in [2.05, 4.69) is 12.2 Å². The van der Waals surface area contributed by atoms with Crippen molar-refractivity contribution >= 4 is 17.3 Å². The predicted octanol–water partition coefficient (Wildman–Crippen LogP) is 2.18. The summed E-state index contributed by atoms with van der Waals surface area (Å²) in [4.78, 5) is 13.3. The fraction of sp³-hybridized carbons (Fsp3) is 0.500. The zero-order valence-corrected chi connectivity index (χ0v) is 11.2. The number of nitrogen functional groups attached to an aromatic ring is 1. The lowest BCUT2D eigenvalue weighted by atomic mass is 10.1. The Bertz CT molecular complexity index is 456. The molecule has 1 amide bonds. The molecule has 0 radical (unpaired) electrons. The van der Waals surface area contributed by atoms with E-state index in [0.717, 1.165) is 11.6 Å². The Balaban J connectivity index is 2.08. The fourth-order valence-corrected chi connectivity index (χ4v) is 2.16. The van der Waals surface area contributed by atoms with Gasteiger partial charge in [0.2, 0.25) is 0 Å². The second kappa shape index (κ2) is 4.88. The van der Waals surface area contributed by atoms with Crippen LogP contribution in [0.5, 0.6) is 0 Å². The van der Waals surface area contributed by atoms with Gasteiger partial charge in [-0.1, -0.05) is 13.3 Å². The SMILES string of the molecule is CCC1CC1Nc1ccc(C(=O)N(C)C)cc1N. The third-order valence-electron chi connectivity index (χ3n) is 3.49. The smallest absolute Gasteiger partial charge is 0.253 e. The van der Waals surface area contributed by atoms with E-state index >= 15 is 0 Å². The molecule has 4 heteroatoms. The van der Waals surface area contributed by atoms with Gasteiger partial charge in [0.15, 0.2) is 0 Å². The molecule has 1 aliphatic carbocycles. The first kappa shape index (κ1) is 12.7. The third kappa shape index (κ3) is 2.58. The maximum absolute atomic E-state index is 11.8. The monoisotopic (exact) mass is 247 g/mol. The molecule has 1 saturated carbocycles. The van der Waals surface area contributed by atoms with E-state index in [-0.39, 0.29) is 5.91 Å². The van der Waals surface area contributed by atoms with Gasteiger partial charge in [0.25, 0.3) is 5.91 Å². The zero-order valence-electron chi connectivity index (χ0n) is 11.2. The Morgan fingerprint density at radius 2 is 2.22 bits per heavy atom. The van der Waals surface area contributed by atoms with Crippen LogP contribution in [-0.2, 0) is 0 Å². The molecule has 98 valence electrons. The molecule has 2 atom stereocenters. The highest BCUT2D eigenvalue weighted by atomic mass is 16.2. The lowest BCUT2D eigenvalue weighted by Crippen LogP contribution is -2.21. The molecular formula is C14H21N3O. The Morgan fingerprint density at radius 1 is 1.50 bits per heavy atom. The molecule has 0 aliphatic heterocycles. The lowest BCUT2D eigenvalue weighted by Gasteiger charge is -2.13. The van der Waals surface area contributed by atoms with E-state index < -0.39 is 0 Å². The molecule has 4 nitrogen and oxygen atoms in total. The van der Waals surface area contributed by atoms with Crippen LogP contribution in [0.2, 0.25) is 0 Å². The van der Waals surface area contributed by atoms with Gasteiger partial charge < -0.3 is 16.0 Å². The molecular weight excluding hydrogens is 226 g/mol. The molecule has 1 aromatic carbocycles. The summed E-state index contributed by atoms with van der Waals surface area (Å²) in [7, 11) is 3.47. The topological polar surface area (TPSA) is 58.4 Å². The van der Waals surface area contributed by atoms with Crippen molar-refractivity contribution < 1.29 is 4.79 Å². The van der Waals surface area contributed by atoms with Crippen molar-refractivity contribution in [3.8, 4) is 0 Å². The van der Waals surface area contributed by atoms with Crippen LogP contribution < -0.4 is 11.1 Å². The number of carbonyl (C=O) groups is 1. The number of nitrogens with two attached hydrogens (primary N) is 1. The normalized spacial score (nSPS) is 21.5. The summed E-state index contributed by atoms with van der Waals surface area (Å²) < 4.78 is 0. The Labute approximate surface area is 108 Å². The van der Waals surface area contributed by atoms with Crippen LogP contribution in [0.3, 0.4) is 0 Å². The number of nitrogens with zero attached hydrogens (tertiary/aromatic N) is 1. The first-order valence-corrected chi connectivity index (χ1v) is 6.40. The van der Waals surface area contributed by atoms with Gasteiger partial charge in [0.05, 0.1) is 11.4 Å². The maximum atomic E-state index is 11.8. The molecule has 0 spiro atoms. The van der Waals surface area contributed by atoms with E-state index in [0.29, 0.717) is 17.3 Å². The maximum Gasteiger partial charge on any atom is 0.253 e. The van der Waals surface area contributed by atoms with E-state index in [1.165, 1.54) is 12.8 Å². The number of benzene rings is 1. The average Bonchev–Trinajstić information content (AvgIpc) is 3.09. The number of rotatable bonds is 4. The van der Waals surface area contributed by atoms with Gasteiger partial charge in [-0.25, -0.2) is 0 Å². The molecule has 0 heterocycles. The molecule has 1 aromatic rings. The van der Waals surface area contributed by atoms with Crippen LogP contribution in [-0.4, -0.2) is 30.9 Å². The molecule has 0 bridgehead atoms. The summed E-state index contributed by atoms with van der Waals surface area (Å²) in [6.07, 6.45) is 2.42. The second-order valence-electron chi connectivity index (χ2n) is 5.16. The van der Waals surface area contributed by atoms with Gasteiger partial charge in [-0.05, 0) is 30.5 Å². The predicted molar refractivity (Wildman–Crippen MR) is 74.7 cm³/mol. The summed E-state index contributed by atoms with van der Waals surface area (Å²) in [5.74, 6) is 0.749. The molecule has 3 N–H and O–H groups in total. The second-order valence-corrected chi connectivity index (χ2v) is 5.16. The lowest BCUT2D eigenvalue weighted by molar-refractivity contribution is 0.0827. The molecule has 18 heavy (non-hydrogen) atoms. The van der Waals surface area contributed by atoms with Gasteiger partial charge >= 0.3 is 0 Å². The van der Waals surface area contributed by atoms with Crippen LogP contribution in [0.15, 0.2) is 18.2 Å². The van der Waals surface area contributed by atoms with E-state index in [1.807, 2.05) is 12.1 Å². The minimum Gasteiger partial charge on any atom is -0.397 e. The van der Waals surface area contributed by atoms with Crippen molar-refractivity contribution in [2.24, 2.45) is 5.92 Å². The van der Waals surface area contributed by atoms with Gasteiger partial charge in [0, 0.05) is 25.7 Å². The summed E-state index contributed by atoms with van der Waals surface area (Å²) in [5, 5.41) is 3.43. The van der Waals surface area contributed by atoms with Crippen molar-refractivity contribution in [2.45, 2.75) is 25.8 Å². The van der Waals surface area contributed by atoms with Crippen LogP contribution >= 0.6 is 0 Å². The average molecular weight is 247 g/mol. The van der Waals surface area contributed by atoms with Crippen LogP contribution in [0.4, 0.5) is 11.4 Å². The molecule has 2 unspecified atom stereocenters. The van der Waals surface area contributed by atoms with Crippen LogP contribution in [0.25, 0.3) is 0 Å². The van der Waals surface area contributed by atoms with Crippen molar-refractivity contribution in [3.05, 3.63) is 23.8 Å². The highest BCUT2D eigenvalue weighted by Crippen LogP contribution is 2.37. The molecule has 2 rings (SSSR count). The first-order valence-electron chi connectivity index (χ1n) is 6.40. The third-order valence-corrected chi connectivity index (χ3v) is 3.49. The minimum absolute atomic E-state index is 0.0221. The minimum atomic E-state index is -0.0221. The van der Waals surface area contributed by atoms with Crippen LogP contribution in [0, 0.1) is 5.92 Å². The molecule has 1 fully saturated rings. The summed E-state index contributed by atoms with van der Waals surface area (Å²) in [5.41, 5.74) is 8.20. The standard InChI is InChI=1S/C14H21N3O/c1-4-9-8-13(9)16-12-6-5-10(7-11(12)15)14(18)17(2)3/h5-7,9,13,16H,4,8,15H2,1-3H3. The largest absolute Gasteiger partial charge is 0.397 e. The van der Waals surface area contributed by atoms with Gasteiger partial charge in [-0.15, -0.1) is 0 Å². The van der Waals surface area contributed by atoms with Gasteiger partial charge in [-0.2, -0.15) is 0 Å². The Kier molecular flexibility index (Phi) is 3.45. The highest BCUT2D eigenvalue weighted by Gasteiger charge is 2.35. The van der Waals surface area contributed by atoms with Gasteiger partial charge in [-0.3, -0.25) is 4.79 Å². The Morgan fingerprint density at radius 3 is 2.72 bits per heavy atom. The van der Waals surface area contributed by atoms with Crippen molar-refractivity contribution in [2.75, 3.05) is 25.1 Å². The number of anilines is 2. The Hall–Kier alpha value is -1.71. The summed E-state index contributed by atoms with van der Waals surface area (Å²) in [6, 6.07) is 6.02. The zero-order chi connectivity index (χ0) is 13.3. The quantitative estimate of drug-likeness (QED) is 0.802. The molecule has 0 aromatic heterocycles. The number of amides is 1. The van der Waals surface area contributed by atoms with Gasteiger partial charge in [0.1, 0.15) is 0 Å². The van der Waals surface area contributed by atoms with E-state index in [1.54, 1.807) is 25.1 Å². The molecule has 1 aliphatic rings. The van der Waals surface area contributed by atoms with E-state index in [9.17, 15) is 4.79 Å². The van der Waals surface area contributed by atoms with Crippen molar-refractivity contribution in [1.82, 2.24) is 4.90 Å². The number of carbonyl (C=O) groups excluding carboxylic acids is 1. The number of hydrogen-bond donors (Lipinski definition) is 2. The summed E-state index contributed by atoms with van der Waals surface area (Å²) >= 11 is 0. The number of nitrogens with one attached hydrogen (secondary N) is 1. The number of hydrogen-bond acceptors (Lipinski definition) is 3. The molecule has 0 saturated heterocycles. The van der Waals surface area contributed by atoms with Crippen LogP contribution in [0.1, 0.15) is 30.1 Å². The highest BCUT2D eigenvalue weighted by molar-refractivity contribution is 5.95. The van der Waals surface area contributed by atoms with E-state index in [4.69, 9.17) is 5.73 Å². The fourth-order valence-electron chi connectivity index (χ4n) is 2.16. The first-order chi connectivity index (χ1) is 8.52.